The Morgan fingerprint density at radius 2 is 2.05 bits per heavy atom. The summed E-state index contributed by atoms with van der Waals surface area (Å²) in [7, 11) is 0. The van der Waals surface area contributed by atoms with Crippen LogP contribution in [0.25, 0.3) is 10.9 Å². The van der Waals surface area contributed by atoms with Gasteiger partial charge in [-0.05, 0) is 24.1 Å². The molecule has 2 unspecified atom stereocenters. The molecule has 0 aliphatic carbocycles. The van der Waals surface area contributed by atoms with E-state index in [-0.39, 0.29) is 16.6 Å². The number of aliphatic carboxylic acids is 1. The van der Waals surface area contributed by atoms with Gasteiger partial charge >= 0.3 is 5.97 Å². The Labute approximate surface area is 137 Å². The molecule has 2 aromatic rings. The highest BCUT2D eigenvalue weighted by Gasteiger charge is 2.27. The molecule has 0 radical (unpaired) electrons. The number of carbonyl (C=O) groups excluding carboxylic acids is 1. The minimum absolute atomic E-state index is 0.133. The van der Waals surface area contributed by atoms with Crippen LogP contribution in [0.5, 0.6) is 0 Å². The average molecular weight is 343 g/mol. The standard InChI is InChI=1S/C15H16Cl2N2O3/c1-3-7(2)12(15(21)22)19-14(20)13-11(17)9-6-8(16)4-5-10(9)18-13/h4-7,12,18H,3H2,1-2H3,(H,19,20)(H,21,22). The fourth-order valence-electron chi connectivity index (χ4n) is 2.18. The number of carbonyl (C=O) groups is 2. The van der Waals surface area contributed by atoms with Crippen LogP contribution < -0.4 is 5.32 Å². The maximum Gasteiger partial charge on any atom is 0.326 e. The summed E-state index contributed by atoms with van der Waals surface area (Å²) in [4.78, 5) is 26.5. The summed E-state index contributed by atoms with van der Waals surface area (Å²) in [5, 5.41) is 13.1. The molecule has 3 N–H and O–H groups in total. The van der Waals surface area contributed by atoms with Gasteiger partial charge in [-0.2, -0.15) is 0 Å². The van der Waals surface area contributed by atoms with E-state index in [1.54, 1.807) is 25.1 Å². The topological polar surface area (TPSA) is 82.2 Å². The molecule has 2 rings (SSSR count). The maximum absolute atomic E-state index is 12.3. The van der Waals surface area contributed by atoms with E-state index in [0.717, 1.165) is 0 Å². The van der Waals surface area contributed by atoms with Crippen molar-refractivity contribution in [1.82, 2.24) is 10.3 Å². The summed E-state index contributed by atoms with van der Waals surface area (Å²) in [6, 6.07) is 4.07. The van der Waals surface area contributed by atoms with E-state index in [1.165, 1.54) is 0 Å². The van der Waals surface area contributed by atoms with Gasteiger partial charge in [0.15, 0.2) is 0 Å². The third-order valence-electron chi connectivity index (χ3n) is 3.69. The zero-order valence-corrected chi connectivity index (χ0v) is 13.6. The molecular formula is C15H16Cl2N2O3. The molecule has 0 fully saturated rings. The SMILES string of the molecule is CCC(C)C(NC(=O)c1[nH]c2ccc(Cl)cc2c1Cl)C(=O)O. The smallest absolute Gasteiger partial charge is 0.326 e. The molecule has 0 bridgehead atoms. The molecule has 7 heteroatoms. The van der Waals surface area contributed by atoms with Crippen molar-refractivity contribution in [2.24, 2.45) is 5.92 Å². The van der Waals surface area contributed by atoms with Crippen molar-refractivity contribution in [1.29, 1.82) is 0 Å². The molecule has 1 heterocycles. The van der Waals surface area contributed by atoms with E-state index in [9.17, 15) is 14.7 Å². The molecule has 5 nitrogen and oxygen atoms in total. The Morgan fingerprint density at radius 1 is 1.36 bits per heavy atom. The van der Waals surface area contributed by atoms with Crippen molar-refractivity contribution in [3.63, 3.8) is 0 Å². The predicted octanol–water partition coefficient (Wildman–Crippen LogP) is 3.70. The van der Waals surface area contributed by atoms with Gasteiger partial charge in [0.05, 0.1) is 5.02 Å². The molecule has 118 valence electrons. The number of amides is 1. The molecule has 1 aromatic carbocycles. The van der Waals surface area contributed by atoms with Gasteiger partial charge < -0.3 is 15.4 Å². The fraction of sp³-hybridized carbons (Fsp3) is 0.333. The van der Waals surface area contributed by atoms with Crippen molar-refractivity contribution < 1.29 is 14.7 Å². The van der Waals surface area contributed by atoms with Gasteiger partial charge in [0.2, 0.25) is 0 Å². The van der Waals surface area contributed by atoms with E-state index >= 15 is 0 Å². The van der Waals surface area contributed by atoms with Crippen molar-refractivity contribution in [2.75, 3.05) is 0 Å². The molecule has 2 atom stereocenters. The van der Waals surface area contributed by atoms with Crippen molar-refractivity contribution in [3.05, 3.63) is 33.9 Å². The number of rotatable bonds is 5. The Balaban J connectivity index is 2.33. The van der Waals surface area contributed by atoms with Crippen molar-refractivity contribution >= 4 is 46.0 Å². The number of fused-ring (bicyclic) bond motifs is 1. The normalized spacial score (nSPS) is 13.8. The number of carboxylic acid groups (broad SMARTS) is 1. The highest BCUT2D eigenvalue weighted by Crippen LogP contribution is 2.29. The number of benzene rings is 1. The lowest BCUT2D eigenvalue weighted by atomic mass is 9.99. The minimum atomic E-state index is -1.07. The average Bonchev–Trinajstić information content (AvgIpc) is 2.80. The lowest BCUT2D eigenvalue weighted by molar-refractivity contribution is -0.140. The van der Waals surface area contributed by atoms with Crippen molar-refractivity contribution in [2.45, 2.75) is 26.3 Å². The Kier molecular flexibility index (Phi) is 4.98. The maximum atomic E-state index is 12.3. The Hall–Kier alpha value is -1.72. The van der Waals surface area contributed by atoms with Crippen LogP contribution in [0.3, 0.4) is 0 Å². The number of H-pyrrole nitrogens is 1. The quantitative estimate of drug-likeness (QED) is 0.774. The predicted molar refractivity (Wildman–Crippen MR) is 86.7 cm³/mol. The summed E-state index contributed by atoms with van der Waals surface area (Å²) >= 11 is 12.1. The van der Waals surface area contributed by atoms with E-state index in [4.69, 9.17) is 23.2 Å². The van der Waals surface area contributed by atoms with E-state index in [0.29, 0.717) is 22.3 Å². The van der Waals surface area contributed by atoms with Gasteiger partial charge in [-0.3, -0.25) is 4.79 Å². The lowest BCUT2D eigenvalue weighted by Crippen LogP contribution is -2.45. The summed E-state index contributed by atoms with van der Waals surface area (Å²) in [5.41, 5.74) is 0.795. The number of carboxylic acids is 1. The largest absolute Gasteiger partial charge is 0.480 e. The first-order valence-corrected chi connectivity index (χ1v) is 7.61. The van der Waals surface area contributed by atoms with Crippen LogP contribution in [0.15, 0.2) is 18.2 Å². The zero-order chi connectivity index (χ0) is 16.4. The Morgan fingerprint density at radius 3 is 2.64 bits per heavy atom. The van der Waals surface area contributed by atoms with Gasteiger partial charge in [0.25, 0.3) is 5.91 Å². The summed E-state index contributed by atoms with van der Waals surface area (Å²) in [6.07, 6.45) is 0.632. The monoisotopic (exact) mass is 342 g/mol. The first-order chi connectivity index (χ1) is 10.3. The number of nitrogens with one attached hydrogen (secondary N) is 2. The molecule has 0 aliphatic heterocycles. The highest BCUT2D eigenvalue weighted by atomic mass is 35.5. The molecule has 1 aromatic heterocycles. The van der Waals surface area contributed by atoms with Crippen LogP contribution in [0.4, 0.5) is 0 Å². The summed E-state index contributed by atoms with van der Waals surface area (Å²) < 4.78 is 0. The molecule has 0 aliphatic rings. The molecule has 0 saturated carbocycles. The van der Waals surface area contributed by atoms with Crippen LogP contribution in [-0.4, -0.2) is 28.0 Å². The van der Waals surface area contributed by atoms with Gasteiger partial charge in [0.1, 0.15) is 11.7 Å². The second kappa shape index (κ2) is 6.58. The molecular weight excluding hydrogens is 327 g/mol. The van der Waals surface area contributed by atoms with E-state index < -0.39 is 17.9 Å². The first kappa shape index (κ1) is 16.6. The third-order valence-corrected chi connectivity index (χ3v) is 4.32. The minimum Gasteiger partial charge on any atom is -0.480 e. The molecule has 22 heavy (non-hydrogen) atoms. The van der Waals surface area contributed by atoms with Crippen LogP contribution in [0.1, 0.15) is 30.8 Å². The second-order valence-electron chi connectivity index (χ2n) is 5.18. The van der Waals surface area contributed by atoms with E-state index in [1.807, 2.05) is 6.92 Å². The molecule has 0 spiro atoms. The first-order valence-electron chi connectivity index (χ1n) is 6.85. The summed E-state index contributed by atoms with van der Waals surface area (Å²) in [6.45, 7) is 3.64. The third kappa shape index (κ3) is 3.20. The fourth-order valence-corrected chi connectivity index (χ4v) is 2.65. The number of halogens is 2. The van der Waals surface area contributed by atoms with E-state index in [2.05, 4.69) is 10.3 Å². The van der Waals surface area contributed by atoms with Crippen LogP contribution in [0.2, 0.25) is 10.0 Å². The van der Waals surface area contributed by atoms with Gasteiger partial charge in [-0.25, -0.2) is 4.79 Å². The Bertz CT molecular complexity index is 727. The number of aromatic amines is 1. The highest BCUT2D eigenvalue weighted by molar-refractivity contribution is 6.39. The zero-order valence-electron chi connectivity index (χ0n) is 12.1. The second-order valence-corrected chi connectivity index (χ2v) is 5.99. The lowest BCUT2D eigenvalue weighted by Gasteiger charge is -2.19. The van der Waals surface area contributed by atoms with Crippen LogP contribution in [0, 0.1) is 5.92 Å². The van der Waals surface area contributed by atoms with Crippen LogP contribution in [-0.2, 0) is 4.79 Å². The number of hydrogen-bond donors (Lipinski definition) is 3. The van der Waals surface area contributed by atoms with Crippen LogP contribution >= 0.6 is 23.2 Å². The molecule has 1 amide bonds. The van der Waals surface area contributed by atoms with Gasteiger partial charge in [-0.1, -0.05) is 43.5 Å². The summed E-state index contributed by atoms with van der Waals surface area (Å²) in [5.74, 6) is -1.82. The molecule has 0 saturated heterocycles. The number of aromatic nitrogens is 1. The number of hydrogen-bond acceptors (Lipinski definition) is 2. The van der Waals surface area contributed by atoms with Gasteiger partial charge in [-0.15, -0.1) is 0 Å². The van der Waals surface area contributed by atoms with Gasteiger partial charge in [0, 0.05) is 15.9 Å². The van der Waals surface area contributed by atoms with Crippen molar-refractivity contribution in [3.8, 4) is 0 Å².